The van der Waals surface area contributed by atoms with Crippen molar-refractivity contribution in [3.05, 3.63) is 0 Å². The van der Waals surface area contributed by atoms with Gasteiger partial charge in [-0.3, -0.25) is 0 Å². The van der Waals surface area contributed by atoms with Crippen LogP contribution in [-0.2, 0) is 4.74 Å². The summed E-state index contributed by atoms with van der Waals surface area (Å²) < 4.78 is 4.69. The highest BCUT2D eigenvalue weighted by molar-refractivity contribution is 4.83. The fraction of sp³-hybridized carbons (Fsp3) is 1.00. The molecule has 0 heterocycles. The molecule has 2 unspecified atom stereocenters. The molecule has 1 heteroatoms. The number of hydrogen-bond donors (Lipinski definition) is 0. The Kier molecular flexibility index (Phi) is 8.53. The van der Waals surface area contributed by atoms with Crippen LogP contribution in [0, 0.1) is 11.8 Å². The van der Waals surface area contributed by atoms with Crippen LogP contribution in [0.15, 0.2) is 0 Å². The fourth-order valence-corrected chi connectivity index (χ4v) is 1.74. The largest absolute Gasteiger partial charge is 0.385 e. The SMILES string of the molecule is CCCC1CC1CC.CCCOC. The number of hydrogen-bond acceptors (Lipinski definition) is 1. The second-order valence-electron chi connectivity index (χ2n) is 3.95. The van der Waals surface area contributed by atoms with Crippen LogP contribution in [0.2, 0.25) is 0 Å². The van der Waals surface area contributed by atoms with E-state index in [1.807, 2.05) is 0 Å². The van der Waals surface area contributed by atoms with Gasteiger partial charge in [-0.1, -0.05) is 40.0 Å². The van der Waals surface area contributed by atoms with Crippen molar-refractivity contribution in [3.8, 4) is 0 Å². The summed E-state index contributed by atoms with van der Waals surface area (Å²) in [6, 6.07) is 0. The maximum Gasteiger partial charge on any atom is 0.0459 e. The van der Waals surface area contributed by atoms with Crippen LogP contribution in [0.25, 0.3) is 0 Å². The maximum atomic E-state index is 4.69. The van der Waals surface area contributed by atoms with Gasteiger partial charge in [0.25, 0.3) is 0 Å². The van der Waals surface area contributed by atoms with E-state index in [1.165, 1.54) is 25.7 Å². The smallest absolute Gasteiger partial charge is 0.0459 e. The zero-order valence-electron chi connectivity index (χ0n) is 9.81. The van der Waals surface area contributed by atoms with Crippen molar-refractivity contribution in [2.75, 3.05) is 13.7 Å². The van der Waals surface area contributed by atoms with Gasteiger partial charge in [-0.25, -0.2) is 0 Å². The summed E-state index contributed by atoms with van der Waals surface area (Å²) in [5, 5.41) is 0. The number of ether oxygens (including phenoxy) is 1. The second-order valence-corrected chi connectivity index (χ2v) is 3.95. The Morgan fingerprint density at radius 1 is 1.08 bits per heavy atom. The third-order valence-electron chi connectivity index (χ3n) is 2.66. The molecule has 2 atom stereocenters. The minimum Gasteiger partial charge on any atom is -0.385 e. The van der Waals surface area contributed by atoms with Crippen LogP contribution in [-0.4, -0.2) is 13.7 Å². The summed E-state index contributed by atoms with van der Waals surface area (Å²) in [5.41, 5.74) is 0. The Hall–Kier alpha value is -0.0400. The molecule has 0 saturated heterocycles. The highest BCUT2D eigenvalue weighted by Crippen LogP contribution is 2.43. The van der Waals surface area contributed by atoms with Crippen LogP contribution in [0.5, 0.6) is 0 Å². The van der Waals surface area contributed by atoms with Gasteiger partial charge in [-0.2, -0.15) is 0 Å². The Labute approximate surface area is 83.9 Å². The summed E-state index contributed by atoms with van der Waals surface area (Å²) >= 11 is 0. The molecule has 13 heavy (non-hydrogen) atoms. The Bertz CT molecular complexity index is 99.3. The van der Waals surface area contributed by atoms with E-state index in [4.69, 9.17) is 4.74 Å². The van der Waals surface area contributed by atoms with Crippen molar-refractivity contribution < 1.29 is 4.74 Å². The van der Waals surface area contributed by atoms with Crippen LogP contribution in [0.4, 0.5) is 0 Å². The van der Waals surface area contributed by atoms with Gasteiger partial charge < -0.3 is 4.74 Å². The van der Waals surface area contributed by atoms with Gasteiger partial charge in [-0.05, 0) is 24.7 Å². The first-order valence-corrected chi connectivity index (χ1v) is 5.78. The first-order valence-electron chi connectivity index (χ1n) is 5.78. The Morgan fingerprint density at radius 3 is 2.00 bits per heavy atom. The summed E-state index contributed by atoms with van der Waals surface area (Å²) in [6.45, 7) is 7.56. The maximum absolute atomic E-state index is 4.69. The average Bonchev–Trinajstić information content (AvgIpc) is 2.87. The molecule has 1 aliphatic rings. The molecule has 0 aromatic carbocycles. The van der Waals surface area contributed by atoms with E-state index in [0.29, 0.717) is 0 Å². The molecule has 80 valence electrons. The summed E-state index contributed by atoms with van der Waals surface area (Å²) in [4.78, 5) is 0. The molecule has 0 N–H and O–H groups in total. The van der Waals surface area contributed by atoms with Gasteiger partial charge in [-0.15, -0.1) is 0 Å². The first kappa shape index (κ1) is 13.0. The van der Waals surface area contributed by atoms with Gasteiger partial charge in [0, 0.05) is 13.7 Å². The lowest BCUT2D eigenvalue weighted by Crippen LogP contribution is -1.80. The predicted molar refractivity (Wildman–Crippen MR) is 59.0 cm³/mol. The predicted octanol–water partition coefficient (Wildman–Crippen LogP) is 3.88. The second kappa shape index (κ2) is 8.55. The van der Waals surface area contributed by atoms with Crippen LogP contribution >= 0.6 is 0 Å². The number of rotatable bonds is 5. The third-order valence-corrected chi connectivity index (χ3v) is 2.66. The number of methoxy groups -OCH3 is 1. The molecule has 1 saturated carbocycles. The minimum absolute atomic E-state index is 0.889. The van der Waals surface area contributed by atoms with E-state index in [0.717, 1.165) is 24.9 Å². The molecule has 1 rings (SSSR count). The molecule has 0 bridgehead atoms. The standard InChI is InChI=1S/C8H16.C4H10O/c1-3-5-8-6-7(8)4-2;1-3-4-5-2/h7-8H,3-6H2,1-2H3;3-4H2,1-2H3. The quantitative estimate of drug-likeness (QED) is 0.633. The highest BCUT2D eigenvalue weighted by Gasteiger charge is 2.33. The normalized spacial score (nSPS) is 24.9. The van der Waals surface area contributed by atoms with E-state index in [1.54, 1.807) is 7.11 Å². The average molecular weight is 186 g/mol. The van der Waals surface area contributed by atoms with E-state index in [-0.39, 0.29) is 0 Å². The van der Waals surface area contributed by atoms with Crippen LogP contribution in [0.1, 0.15) is 52.9 Å². The van der Waals surface area contributed by atoms with Gasteiger partial charge >= 0.3 is 0 Å². The molecule has 0 radical (unpaired) electrons. The topological polar surface area (TPSA) is 9.23 Å². The van der Waals surface area contributed by atoms with E-state index in [2.05, 4.69) is 20.8 Å². The van der Waals surface area contributed by atoms with Crippen LogP contribution in [0.3, 0.4) is 0 Å². The van der Waals surface area contributed by atoms with E-state index >= 15 is 0 Å². The minimum atomic E-state index is 0.889. The van der Waals surface area contributed by atoms with Gasteiger partial charge in [0.15, 0.2) is 0 Å². The van der Waals surface area contributed by atoms with Gasteiger partial charge in [0.2, 0.25) is 0 Å². The van der Waals surface area contributed by atoms with Crippen molar-refractivity contribution in [2.24, 2.45) is 11.8 Å². The lowest BCUT2D eigenvalue weighted by molar-refractivity contribution is 0.199. The molecule has 1 fully saturated rings. The molecule has 0 aromatic heterocycles. The molecule has 1 nitrogen and oxygen atoms in total. The van der Waals surface area contributed by atoms with Crippen molar-refractivity contribution in [1.82, 2.24) is 0 Å². The van der Waals surface area contributed by atoms with Crippen molar-refractivity contribution in [1.29, 1.82) is 0 Å². The lowest BCUT2D eigenvalue weighted by Gasteiger charge is -1.90. The zero-order valence-corrected chi connectivity index (χ0v) is 9.81. The molecular formula is C12H26O. The zero-order chi connectivity index (χ0) is 10.1. The van der Waals surface area contributed by atoms with E-state index < -0.39 is 0 Å². The Morgan fingerprint density at radius 2 is 1.77 bits per heavy atom. The third kappa shape index (κ3) is 7.06. The summed E-state index contributed by atoms with van der Waals surface area (Å²) in [6.07, 6.45) is 6.95. The molecule has 0 amide bonds. The molecular weight excluding hydrogens is 160 g/mol. The van der Waals surface area contributed by atoms with Crippen molar-refractivity contribution >= 4 is 0 Å². The van der Waals surface area contributed by atoms with Crippen LogP contribution < -0.4 is 0 Å². The molecule has 0 aliphatic heterocycles. The van der Waals surface area contributed by atoms with E-state index in [9.17, 15) is 0 Å². The molecule has 0 aromatic rings. The molecule has 1 aliphatic carbocycles. The highest BCUT2D eigenvalue weighted by atomic mass is 16.5. The fourth-order valence-electron chi connectivity index (χ4n) is 1.74. The monoisotopic (exact) mass is 186 g/mol. The summed E-state index contributed by atoms with van der Waals surface area (Å²) in [5.74, 6) is 2.25. The lowest BCUT2D eigenvalue weighted by atomic mass is 10.2. The summed E-state index contributed by atoms with van der Waals surface area (Å²) in [7, 11) is 1.71. The Balaban J connectivity index is 0.000000252. The molecule has 0 spiro atoms. The van der Waals surface area contributed by atoms with Gasteiger partial charge in [0.05, 0.1) is 0 Å². The van der Waals surface area contributed by atoms with Crippen molar-refractivity contribution in [2.45, 2.75) is 52.9 Å². The first-order chi connectivity index (χ1) is 6.29. The van der Waals surface area contributed by atoms with Gasteiger partial charge in [0.1, 0.15) is 0 Å². The van der Waals surface area contributed by atoms with Crippen molar-refractivity contribution in [3.63, 3.8) is 0 Å².